The quantitative estimate of drug-likeness (QED) is 0.855. The number of hydrogen-bond donors (Lipinski definition) is 2. The number of rotatable bonds is 5. The zero-order valence-corrected chi connectivity index (χ0v) is 11.1. The Morgan fingerprint density at radius 1 is 1.41 bits per heavy atom. The number of aromatic nitrogens is 1. The lowest BCUT2D eigenvalue weighted by Gasteiger charge is -2.05. The van der Waals surface area contributed by atoms with E-state index in [-0.39, 0.29) is 18.2 Å². The molecule has 1 aromatic rings. The van der Waals surface area contributed by atoms with Crippen molar-refractivity contribution in [3.05, 3.63) is 28.5 Å². The number of halogens is 1. The Morgan fingerprint density at radius 2 is 2.18 bits per heavy atom. The van der Waals surface area contributed by atoms with Gasteiger partial charge in [-0.15, -0.1) is 0 Å². The normalized spacial score (nSPS) is 9.76. The number of pyridine rings is 1. The van der Waals surface area contributed by atoms with Gasteiger partial charge in [-0.1, -0.05) is 0 Å². The average Bonchev–Trinajstić information content (AvgIpc) is 2.29. The zero-order chi connectivity index (χ0) is 12.7. The van der Waals surface area contributed by atoms with Crippen LogP contribution in [0.15, 0.2) is 22.8 Å². The minimum absolute atomic E-state index is 0.0760. The molecule has 0 aliphatic rings. The molecule has 2 N–H and O–H groups in total. The molecule has 0 spiro atoms. The molecule has 0 saturated carbocycles. The van der Waals surface area contributed by atoms with Gasteiger partial charge in [0, 0.05) is 30.2 Å². The number of amides is 2. The SMILES string of the molecule is CCNC(=O)CCNC(=O)c1ncccc1Br. The van der Waals surface area contributed by atoms with Gasteiger partial charge in [-0.05, 0) is 35.0 Å². The predicted octanol–water partition coefficient (Wildman–Crippen LogP) is 1.10. The fourth-order valence-electron chi connectivity index (χ4n) is 1.21. The summed E-state index contributed by atoms with van der Waals surface area (Å²) in [5.41, 5.74) is 0.323. The minimum atomic E-state index is -0.290. The zero-order valence-electron chi connectivity index (χ0n) is 9.50. The fourth-order valence-corrected chi connectivity index (χ4v) is 1.65. The van der Waals surface area contributed by atoms with Gasteiger partial charge in [0.15, 0.2) is 0 Å². The van der Waals surface area contributed by atoms with E-state index in [2.05, 4.69) is 31.5 Å². The molecule has 0 aliphatic carbocycles. The predicted molar refractivity (Wildman–Crippen MR) is 67.6 cm³/mol. The van der Waals surface area contributed by atoms with E-state index in [1.54, 1.807) is 18.3 Å². The van der Waals surface area contributed by atoms with E-state index >= 15 is 0 Å². The van der Waals surface area contributed by atoms with Crippen LogP contribution in [0.1, 0.15) is 23.8 Å². The average molecular weight is 300 g/mol. The molecule has 0 fully saturated rings. The van der Waals surface area contributed by atoms with Gasteiger partial charge < -0.3 is 10.6 Å². The van der Waals surface area contributed by atoms with Crippen molar-refractivity contribution in [2.24, 2.45) is 0 Å². The molecule has 0 saturated heterocycles. The molecule has 0 bridgehead atoms. The number of carbonyl (C=O) groups excluding carboxylic acids is 2. The third kappa shape index (κ3) is 4.52. The van der Waals surface area contributed by atoms with Crippen molar-refractivity contribution < 1.29 is 9.59 Å². The maximum absolute atomic E-state index is 11.7. The first-order valence-electron chi connectivity index (χ1n) is 5.30. The van der Waals surface area contributed by atoms with Crippen molar-refractivity contribution in [3.63, 3.8) is 0 Å². The van der Waals surface area contributed by atoms with Crippen molar-refractivity contribution in [1.82, 2.24) is 15.6 Å². The van der Waals surface area contributed by atoms with Crippen LogP contribution in [-0.4, -0.2) is 29.9 Å². The summed E-state index contributed by atoms with van der Waals surface area (Å²) in [6.07, 6.45) is 1.81. The molecule has 2 amide bonds. The van der Waals surface area contributed by atoms with Crippen molar-refractivity contribution in [2.45, 2.75) is 13.3 Å². The van der Waals surface area contributed by atoms with Gasteiger partial charge in [-0.3, -0.25) is 9.59 Å². The van der Waals surface area contributed by atoms with Crippen LogP contribution in [0.2, 0.25) is 0 Å². The molecule has 0 aliphatic heterocycles. The van der Waals surface area contributed by atoms with Crippen LogP contribution in [0.25, 0.3) is 0 Å². The molecule has 1 rings (SSSR count). The van der Waals surface area contributed by atoms with Crippen LogP contribution in [0.4, 0.5) is 0 Å². The summed E-state index contributed by atoms with van der Waals surface area (Å²) < 4.78 is 0.635. The second-order valence-electron chi connectivity index (χ2n) is 3.29. The van der Waals surface area contributed by atoms with Crippen molar-refractivity contribution in [1.29, 1.82) is 0 Å². The molecule has 5 nitrogen and oxygen atoms in total. The highest BCUT2D eigenvalue weighted by Crippen LogP contribution is 2.12. The van der Waals surface area contributed by atoms with Crippen LogP contribution in [0, 0.1) is 0 Å². The van der Waals surface area contributed by atoms with E-state index in [0.29, 0.717) is 23.3 Å². The Bertz CT molecular complexity index is 409. The molecule has 0 atom stereocenters. The number of carbonyl (C=O) groups is 2. The van der Waals surface area contributed by atoms with Gasteiger partial charge in [-0.2, -0.15) is 0 Å². The molecular formula is C11H14BrN3O2. The summed E-state index contributed by atoms with van der Waals surface area (Å²) in [5.74, 6) is -0.366. The second-order valence-corrected chi connectivity index (χ2v) is 4.15. The summed E-state index contributed by atoms with van der Waals surface area (Å²) in [5, 5.41) is 5.29. The van der Waals surface area contributed by atoms with Gasteiger partial charge in [0.25, 0.3) is 5.91 Å². The maximum atomic E-state index is 11.7. The van der Waals surface area contributed by atoms with E-state index in [1.165, 1.54) is 0 Å². The molecule has 17 heavy (non-hydrogen) atoms. The highest BCUT2D eigenvalue weighted by atomic mass is 79.9. The van der Waals surface area contributed by atoms with Crippen molar-refractivity contribution in [2.75, 3.05) is 13.1 Å². The van der Waals surface area contributed by atoms with Crippen molar-refractivity contribution in [3.8, 4) is 0 Å². The highest BCUT2D eigenvalue weighted by Gasteiger charge is 2.10. The number of hydrogen-bond acceptors (Lipinski definition) is 3. The van der Waals surface area contributed by atoms with Gasteiger partial charge in [0.2, 0.25) is 5.91 Å². The Hall–Kier alpha value is -1.43. The van der Waals surface area contributed by atoms with Crippen molar-refractivity contribution >= 4 is 27.7 Å². The first-order chi connectivity index (χ1) is 8.15. The second kappa shape index (κ2) is 7.01. The maximum Gasteiger partial charge on any atom is 0.271 e. The van der Waals surface area contributed by atoms with E-state index in [9.17, 15) is 9.59 Å². The molecule has 0 unspecified atom stereocenters. The number of nitrogens with one attached hydrogen (secondary N) is 2. The van der Waals surface area contributed by atoms with E-state index in [4.69, 9.17) is 0 Å². The molecule has 1 heterocycles. The van der Waals surface area contributed by atoms with Gasteiger partial charge in [-0.25, -0.2) is 4.98 Å². The van der Waals surface area contributed by atoms with E-state index in [0.717, 1.165) is 0 Å². The van der Waals surface area contributed by atoms with E-state index < -0.39 is 0 Å². The monoisotopic (exact) mass is 299 g/mol. The van der Waals surface area contributed by atoms with Crippen LogP contribution in [-0.2, 0) is 4.79 Å². The molecule has 92 valence electrons. The van der Waals surface area contributed by atoms with Crippen LogP contribution >= 0.6 is 15.9 Å². The summed E-state index contributed by atoms with van der Waals surface area (Å²) in [7, 11) is 0. The Morgan fingerprint density at radius 3 is 2.82 bits per heavy atom. The number of nitrogens with zero attached hydrogens (tertiary/aromatic N) is 1. The van der Waals surface area contributed by atoms with Crippen LogP contribution < -0.4 is 10.6 Å². The van der Waals surface area contributed by atoms with E-state index in [1.807, 2.05) is 6.92 Å². The lowest BCUT2D eigenvalue weighted by Crippen LogP contribution is -2.31. The first kappa shape index (κ1) is 13.6. The largest absolute Gasteiger partial charge is 0.356 e. The summed E-state index contributed by atoms with van der Waals surface area (Å²) in [6.45, 7) is 2.74. The topological polar surface area (TPSA) is 71.1 Å². The highest BCUT2D eigenvalue weighted by molar-refractivity contribution is 9.10. The Kier molecular flexibility index (Phi) is 5.62. The van der Waals surface area contributed by atoms with Crippen LogP contribution in [0.3, 0.4) is 0 Å². The van der Waals surface area contributed by atoms with Crippen LogP contribution in [0.5, 0.6) is 0 Å². The van der Waals surface area contributed by atoms with Gasteiger partial charge >= 0.3 is 0 Å². The minimum Gasteiger partial charge on any atom is -0.356 e. The van der Waals surface area contributed by atoms with Gasteiger partial charge in [0.1, 0.15) is 5.69 Å². The summed E-state index contributed by atoms with van der Waals surface area (Å²) in [6, 6.07) is 3.47. The molecule has 0 radical (unpaired) electrons. The third-order valence-corrected chi connectivity index (χ3v) is 2.63. The fraction of sp³-hybridized carbons (Fsp3) is 0.364. The molecular weight excluding hydrogens is 286 g/mol. The summed E-state index contributed by atoms with van der Waals surface area (Å²) in [4.78, 5) is 26.8. The van der Waals surface area contributed by atoms with Gasteiger partial charge in [0.05, 0.1) is 0 Å². The lowest BCUT2D eigenvalue weighted by atomic mass is 10.3. The standard InChI is InChI=1S/C11H14BrN3O2/c1-2-13-9(16)5-7-15-11(17)10-8(12)4-3-6-14-10/h3-4,6H,2,5,7H2,1H3,(H,13,16)(H,15,17). The lowest BCUT2D eigenvalue weighted by molar-refractivity contribution is -0.120. The summed E-state index contributed by atoms with van der Waals surface area (Å²) >= 11 is 3.24. The molecule has 1 aromatic heterocycles. The first-order valence-corrected chi connectivity index (χ1v) is 6.10. The third-order valence-electron chi connectivity index (χ3n) is 1.99. The Balaban J connectivity index is 2.41. The molecule has 6 heteroatoms. The molecule has 0 aromatic carbocycles. The Labute approximate surface area is 108 Å². The smallest absolute Gasteiger partial charge is 0.271 e.